The predicted molar refractivity (Wildman–Crippen MR) is 66.0 cm³/mol. The highest BCUT2D eigenvalue weighted by atomic mass is 28.3. The zero-order valence-electron chi connectivity index (χ0n) is 9.51. The van der Waals surface area contributed by atoms with E-state index in [1.165, 1.54) is 19.3 Å². The van der Waals surface area contributed by atoms with Crippen molar-refractivity contribution >= 4 is 13.3 Å². The zero-order valence-corrected chi connectivity index (χ0v) is 10.5. The lowest BCUT2D eigenvalue weighted by Gasteiger charge is -2.31. The van der Waals surface area contributed by atoms with E-state index in [2.05, 4.69) is 43.9 Å². The van der Waals surface area contributed by atoms with Crippen LogP contribution in [0.2, 0.25) is 19.6 Å². The van der Waals surface area contributed by atoms with E-state index < -0.39 is 8.07 Å². The molecule has 1 aromatic rings. The van der Waals surface area contributed by atoms with Crippen molar-refractivity contribution in [2.45, 2.75) is 44.8 Å². The van der Waals surface area contributed by atoms with Gasteiger partial charge in [0.05, 0.1) is 8.07 Å². The molecule has 1 aliphatic carbocycles. The second-order valence-corrected chi connectivity index (χ2v) is 10.5. The van der Waals surface area contributed by atoms with Gasteiger partial charge < -0.3 is 0 Å². The molecule has 0 bridgehead atoms. The van der Waals surface area contributed by atoms with Crippen LogP contribution in [0.1, 0.15) is 30.7 Å². The molecule has 0 atom stereocenters. The minimum atomic E-state index is -1.12. The number of rotatable bonds is 2. The Morgan fingerprint density at radius 3 is 2.21 bits per heavy atom. The maximum atomic E-state index is 2.45. The molecule has 1 aliphatic rings. The Hall–Kier alpha value is -0.563. The van der Waals surface area contributed by atoms with Crippen LogP contribution in [-0.4, -0.2) is 8.07 Å². The first-order chi connectivity index (χ1) is 6.59. The summed E-state index contributed by atoms with van der Waals surface area (Å²) < 4.78 is 0. The summed E-state index contributed by atoms with van der Waals surface area (Å²) in [5, 5.41) is 1.68. The minimum absolute atomic E-state index is 0.887. The Kier molecular flexibility index (Phi) is 2.52. The van der Waals surface area contributed by atoms with E-state index in [4.69, 9.17) is 0 Å². The molecule has 1 fully saturated rings. The molecule has 2 rings (SSSR count). The van der Waals surface area contributed by atoms with Gasteiger partial charge in [-0.15, -0.1) is 0 Å². The van der Waals surface area contributed by atoms with Crippen molar-refractivity contribution in [3.05, 3.63) is 29.8 Å². The van der Waals surface area contributed by atoms with Crippen LogP contribution < -0.4 is 5.19 Å². The van der Waals surface area contributed by atoms with Crippen LogP contribution in [0.4, 0.5) is 0 Å². The third-order valence-corrected chi connectivity index (χ3v) is 5.39. The van der Waals surface area contributed by atoms with E-state index in [-0.39, 0.29) is 0 Å². The van der Waals surface area contributed by atoms with Gasteiger partial charge in [-0.05, 0) is 24.3 Å². The Morgan fingerprint density at radius 2 is 1.71 bits per heavy atom. The highest BCUT2D eigenvalue weighted by Gasteiger charge is 2.26. The van der Waals surface area contributed by atoms with Crippen molar-refractivity contribution in [3.63, 3.8) is 0 Å². The summed E-state index contributed by atoms with van der Waals surface area (Å²) in [7, 11) is -1.12. The molecule has 0 saturated heterocycles. The number of benzene rings is 1. The third-order valence-electron chi connectivity index (χ3n) is 3.31. The molecular weight excluding hydrogens is 184 g/mol. The van der Waals surface area contributed by atoms with E-state index in [1.54, 1.807) is 10.8 Å². The van der Waals surface area contributed by atoms with E-state index in [9.17, 15) is 0 Å². The fourth-order valence-corrected chi connectivity index (χ4v) is 4.00. The van der Waals surface area contributed by atoms with Gasteiger partial charge in [-0.2, -0.15) is 0 Å². The smallest absolute Gasteiger partial charge is 0.0656 e. The molecule has 0 aliphatic heterocycles. The topological polar surface area (TPSA) is 0 Å². The maximum absolute atomic E-state index is 2.45. The predicted octanol–water partition coefficient (Wildman–Crippen LogP) is 3.50. The quantitative estimate of drug-likeness (QED) is 0.647. The molecule has 0 spiro atoms. The van der Waals surface area contributed by atoms with E-state index in [0.717, 1.165) is 5.92 Å². The first kappa shape index (κ1) is 9.97. The van der Waals surface area contributed by atoms with Crippen LogP contribution in [0.15, 0.2) is 24.3 Å². The lowest BCUT2D eigenvalue weighted by atomic mass is 9.80. The lowest BCUT2D eigenvalue weighted by Crippen LogP contribution is -2.41. The Morgan fingerprint density at radius 1 is 1.07 bits per heavy atom. The molecule has 0 radical (unpaired) electrons. The van der Waals surface area contributed by atoms with Crippen LogP contribution in [0.3, 0.4) is 0 Å². The monoisotopic (exact) mass is 204 g/mol. The molecule has 0 heterocycles. The molecule has 0 aromatic heterocycles. The Balaban J connectivity index is 2.38. The summed E-state index contributed by atoms with van der Waals surface area (Å²) in [5.74, 6) is 0.887. The Bertz CT molecular complexity index is 318. The fraction of sp³-hybridized carbons (Fsp3) is 0.538. The van der Waals surface area contributed by atoms with Gasteiger partial charge in [-0.25, -0.2) is 0 Å². The van der Waals surface area contributed by atoms with Crippen molar-refractivity contribution in [1.29, 1.82) is 0 Å². The minimum Gasteiger partial charge on any atom is -0.0656 e. The summed E-state index contributed by atoms with van der Waals surface area (Å²) in [6.07, 6.45) is 4.27. The fourth-order valence-electron chi connectivity index (χ4n) is 2.26. The normalized spacial score (nSPS) is 17.9. The highest BCUT2D eigenvalue weighted by molar-refractivity contribution is 6.89. The average Bonchev–Trinajstić information content (AvgIpc) is 2.00. The zero-order chi connectivity index (χ0) is 10.2. The highest BCUT2D eigenvalue weighted by Crippen LogP contribution is 2.36. The molecule has 0 nitrogen and oxygen atoms in total. The summed E-state index contributed by atoms with van der Waals surface area (Å²) in [5.41, 5.74) is 1.66. The molecule has 76 valence electrons. The molecule has 1 aromatic carbocycles. The van der Waals surface area contributed by atoms with Crippen molar-refractivity contribution in [3.8, 4) is 0 Å². The number of hydrogen-bond acceptors (Lipinski definition) is 0. The van der Waals surface area contributed by atoms with Gasteiger partial charge in [0.15, 0.2) is 0 Å². The van der Waals surface area contributed by atoms with E-state index >= 15 is 0 Å². The van der Waals surface area contributed by atoms with E-state index in [1.807, 2.05) is 0 Å². The van der Waals surface area contributed by atoms with Crippen LogP contribution in [0.5, 0.6) is 0 Å². The van der Waals surface area contributed by atoms with Crippen LogP contribution in [-0.2, 0) is 0 Å². The summed E-state index contributed by atoms with van der Waals surface area (Å²) in [4.78, 5) is 0. The van der Waals surface area contributed by atoms with Gasteiger partial charge in [0.1, 0.15) is 0 Å². The van der Waals surface area contributed by atoms with Crippen molar-refractivity contribution < 1.29 is 0 Å². The van der Waals surface area contributed by atoms with Crippen LogP contribution in [0, 0.1) is 0 Å². The van der Waals surface area contributed by atoms with Crippen molar-refractivity contribution in [2.75, 3.05) is 0 Å². The first-order valence-electron chi connectivity index (χ1n) is 5.68. The summed E-state index contributed by atoms with van der Waals surface area (Å²) in [6.45, 7) is 7.35. The maximum Gasteiger partial charge on any atom is 0.0779 e. The summed E-state index contributed by atoms with van der Waals surface area (Å²) in [6, 6.07) is 9.13. The molecule has 0 N–H and O–H groups in total. The van der Waals surface area contributed by atoms with Crippen LogP contribution >= 0.6 is 0 Å². The molecular formula is C13H20Si. The van der Waals surface area contributed by atoms with Gasteiger partial charge in [-0.1, -0.05) is 55.5 Å². The summed E-state index contributed by atoms with van der Waals surface area (Å²) >= 11 is 0. The van der Waals surface area contributed by atoms with Gasteiger partial charge in [0.2, 0.25) is 0 Å². The Labute approximate surface area is 88.4 Å². The van der Waals surface area contributed by atoms with Gasteiger partial charge in [-0.3, -0.25) is 0 Å². The molecule has 0 unspecified atom stereocenters. The molecule has 1 saturated carbocycles. The second kappa shape index (κ2) is 3.54. The van der Waals surface area contributed by atoms with Crippen LogP contribution in [0.25, 0.3) is 0 Å². The standard InChI is InChI=1S/C13H20Si/c1-14(2,3)13-10-5-4-9-12(13)11-7-6-8-11/h4-5,9-11H,6-8H2,1-3H3. The van der Waals surface area contributed by atoms with Gasteiger partial charge in [0.25, 0.3) is 0 Å². The average molecular weight is 204 g/mol. The SMILES string of the molecule is C[Si](C)(C)c1ccccc1C1CCC1. The second-order valence-electron chi connectivity index (χ2n) is 5.47. The first-order valence-corrected chi connectivity index (χ1v) is 9.18. The van der Waals surface area contributed by atoms with Gasteiger partial charge >= 0.3 is 0 Å². The van der Waals surface area contributed by atoms with Gasteiger partial charge in [0, 0.05) is 0 Å². The molecule has 1 heteroatoms. The third kappa shape index (κ3) is 1.78. The molecule has 14 heavy (non-hydrogen) atoms. The lowest BCUT2D eigenvalue weighted by molar-refractivity contribution is 0.421. The van der Waals surface area contributed by atoms with E-state index in [0.29, 0.717) is 0 Å². The number of hydrogen-bond donors (Lipinski definition) is 0. The van der Waals surface area contributed by atoms with Crippen molar-refractivity contribution in [1.82, 2.24) is 0 Å². The molecule has 0 amide bonds. The largest absolute Gasteiger partial charge is 0.0779 e. The van der Waals surface area contributed by atoms with Crippen molar-refractivity contribution in [2.24, 2.45) is 0 Å².